The Kier molecular flexibility index (Phi) is 11.1. The first-order chi connectivity index (χ1) is 17.8. The topological polar surface area (TPSA) is 27.7 Å². The predicted molar refractivity (Wildman–Crippen MR) is 158 cm³/mol. The van der Waals surface area contributed by atoms with Crippen LogP contribution in [-0.2, 0) is 14.2 Å². The lowest BCUT2D eigenvalue weighted by molar-refractivity contribution is -0.0687. The van der Waals surface area contributed by atoms with Crippen molar-refractivity contribution in [3.05, 3.63) is 11.6 Å². The molecule has 8 atom stereocenters. The van der Waals surface area contributed by atoms with E-state index in [1.807, 2.05) is 0 Å². The highest BCUT2D eigenvalue weighted by molar-refractivity contribution is 9.09. The van der Waals surface area contributed by atoms with Crippen LogP contribution in [0.3, 0.4) is 0 Å². The van der Waals surface area contributed by atoms with Gasteiger partial charge >= 0.3 is 0 Å². The summed E-state index contributed by atoms with van der Waals surface area (Å²) in [6.07, 6.45) is 18.2. The van der Waals surface area contributed by atoms with Crippen LogP contribution < -0.4 is 0 Å². The molecule has 4 aliphatic carbocycles. The van der Waals surface area contributed by atoms with Gasteiger partial charge < -0.3 is 14.2 Å². The van der Waals surface area contributed by atoms with E-state index in [9.17, 15) is 0 Å². The first-order valence-corrected chi connectivity index (χ1v) is 16.9. The van der Waals surface area contributed by atoms with E-state index in [0.717, 1.165) is 53.9 Å². The maximum atomic E-state index is 6.30. The first kappa shape index (κ1) is 30.1. The molecule has 0 aromatic heterocycles. The minimum Gasteiger partial charge on any atom is -0.378 e. The van der Waals surface area contributed by atoms with E-state index in [0.29, 0.717) is 43.4 Å². The van der Waals surface area contributed by atoms with Gasteiger partial charge in [-0.25, -0.2) is 0 Å². The molecule has 0 amide bonds. The average molecular weight is 582 g/mol. The van der Waals surface area contributed by atoms with Crippen LogP contribution >= 0.6 is 15.9 Å². The molecule has 0 unspecified atom stereocenters. The van der Waals surface area contributed by atoms with Gasteiger partial charge in [0, 0.05) is 5.33 Å². The van der Waals surface area contributed by atoms with Gasteiger partial charge in [-0.05, 0) is 97.7 Å². The molecule has 37 heavy (non-hydrogen) atoms. The maximum Gasteiger partial charge on any atom is 0.0704 e. The maximum absolute atomic E-state index is 6.30. The molecule has 0 spiro atoms. The zero-order valence-corrected chi connectivity index (χ0v) is 26.3. The summed E-state index contributed by atoms with van der Waals surface area (Å²) in [4.78, 5) is 0. The molecule has 214 valence electrons. The van der Waals surface area contributed by atoms with Crippen LogP contribution in [0.2, 0.25) is 0 Å². The largest absolute Gasteiger partial charge is 0.378 e. The van der Waals surface area contributed by atoms with E-state index in [1.54, 1.807) is 5.57 Å². The molecule has 4 heteroatoms. The third-order valence-electron chi connectivity index (χ3n) is 11.4. The van der Waals surface area contributed by atoms with Gasteiger partial charge in [0.25, 0.3) is 0 Å². The smallest absolute Gasteiger partial charge is 0.0704 e. The number of fused-ring (bicyclic) bond motifs is 5. The minimum atomic E-state index is 0.375. The average Bonchev–Trinajstić information content (AvgIpc) is 3.22. The van der Waals surface area contributed by atoms with Gasteiger partial charge in [-0.3, -0.25) is 0 Å². The van der Waals surface area contributed by atoms with E-state index in [4.69, 9.17) is 14.2 Å². The van der Waals surface area contributed by atoms with Crippen LogP contribution in [-0.4, -0.2) is 44.5 Å². The predicted octanol–water partition coefficient (Wildman–Crippen LogP) is 8.84. The molecular weight excluding hydrogens is 524 g/mol. The molecule has 0 aliphatic heterocycles. The SMILES string of the molecule is CC(C)CCC[C@@H](C)[C@H]1CC[C@H]2[C@@H]3CC=C4C[C@@H](OCCOCCOCCBr)CC[C@]4(C)[C@H]3CC[C@]12C. The summed E-state index contributed by atoms with van der Waals surface area (Å²) < 4.78 is 17.4. The fraction of sp³-hybridized carbons (Fsp3) is 0.939. The molecule has 0 radical (unpaired) electrons. The van der Waals surface area contributed by atoms with Gasteiger partial charge in [0.05, 0.1) is 39.1 Å². The van der Waals surface area contributed by atoms with E-state index in [2.05, 4.69) is 56.6 Å². The van der Waals surface area contributed by atoms with Crippen LogP contribution in [0.25, 0.3) is 0 Å². The van der Waals surface area contributed by atoms with Gasteiger partial charge in [0.15, 0.2) is 0 Å². The number of halogens is 1. The standard InChI is InChI=1S/C33H57BrO3/c1-24(2)7-6-8-25(3)29-11-12-30-28-10-9-26-23-27(37-22-21-36-20-19-35-18-17-34)13-15-32(26,4)31(28)14-16-33(29,30)5/h9,24-25,27-31H,6-8,10-23H2,1-5H3/t25-,27+,28+,29-,30+,31+,32+,33-/m1/s1. The Hall–Kier alpha value is 0.100. The number of allylic oxidation sites excluding steroid dienone is 1. The second-order valence-corrected chi connectivity index (χ2v) is 14.7. The quantitative estimate of drug-likeness (QED) is 0.117. The minimum absolute atomic E-state index is 0.375. The molecular formula is C33H57BrO3. The molecule has 0 heterocycles. The summed E-state index contributed by atoms with van der Waals surface area (Å²) in [5, 5.41) is 0.881. The Bertz CT molecular complexity index is 737. The molecule has 0 aromatic rings. The van der Waals surface area contributed by atoms with Crippen molar-refractivity contribution >= 4 is 15.9 Å². The molecule has 0 aromatic carbocycles. The summed E-state index contributed by atoms with van der Waals surface area (Å²) in [7, 11) is 0. The number of rotatable bonds is 14. The van der Waals surface area contributed by atoms with Crippen molar-refractivity contribution in [3.8, 4) is 0 Å². The molecule has 0 bridgehead atoms. The summed E-state index contributed by atoms with van der Waals surface area (Å²) in [5.41, 5.74) is 2.72. The molecule has 4 aliphatic rings. The molecule has 0 saturated heterocycles. The third kappa shape index (κ3) is 6.88. The van der Waals surface area contributed by atoms with Crippen molar-refractivity contribution in [1.82, 2.24) is 0 Å². The Balaban J connectivity index is 1.29. The zero-order chi connectivity index (χ0) is 26.5. The summed E-state index contributed by atoms with van der Waals surface area (Å²) >= 11 is 3.38. The van der Waals surface area contributed by atoms with E-state index in [-0.39, 0.29) is 0 Å². The molecule has 4 rings (SSSR count). The normalized spacial score (nSPS) is 38.1. The van der Waals surface area contributed by atoms with Crippen LogP contribution in [0, 0.1) is 46.3 Å². The van der Waals surface area contributed by atoms with Crippen molar-refractivity contribution in [3.63, 3.8) is 0 Å². The van der Waals surface area contributed by atoms with Crippen molar-refractivity contribution in [1.29, 1.82) is 0 Å². The first-order valence-electron chi connectivity index (χ1n) is 15.8. The number of alkyl halides is 1. The fourth-order valence-electron chi connectivity index (χ4n) is 9.44. The third-order valence-corrected chi connectivity index (χ3v) is 11.8. The van der Waals surface area contributed by atoms with Gasteiger partial charge in [-0.1, -0.05) is 81.5 Å². The summed E-state index contributed by atoms with van der Waals surface area (Å²) in [5.74, 6) is 5.45. The van der Waals surface area contributed by atoms with Crippen molar-refractivity contribution in [2.45, 2.75) is 111 Å². The second kappa shape index (κ2) is 13.6. The number of hydrogen-bond acceptors (Lipinski definition) is 3. The zero-order valence-electron chi connectivity index (χ0n) is 24.7. The summed E-state index contributed by atoms with van der Waals surface area (Å²) in [6, 6.07) is 0. The lowest BCUT2D eigenvalue weighted by Crippen LogP contribution is -2.51. The lowest BCUT2D eigenvalue weighted by atomic mass is 9.47. The van der Waals surface area contributed by atoms with Crippen molar-refractivity contribution < 1.29 is 14.2 Å². The van der Waals surface area contributed by atoms with Gasteiger partial charge in [0.1, 0.15) is 0 Å². The highest BCUT2D eigenvalue weighted by Crippen LogP contribution is 2.67. The van der Waals surface area contributed by atoms with E-state index >= 15 is 0 Å². The Labute approximate surface area is 237 Å². The number of ether oxygens (including phenoxy) is 3. The monoisotopic (exact) mass is 580 g/mol. The van der Waals surface area contributed by atoms with Gasteiger partial charge in [-0.15, -0.1) is 0 Å². The molecule has 0 N–H and O–H groups in total. The van der Waals surface area contributed by atoms with E-state index in [1.165, 1.54) is 64.2 Å². The van der Waals surface area contributed by atoms with Crippen molar-refractivity contribution in [2.75, 3.05) is 38.4 Å². The van der Waals surface area contributed by atoms with Crippen LogP contribution in [0.15, 0.2) is 11.6 Å². The Morgan fingerprint density at radius 3 is 2.41 bits per heavy atom. The number of hydrogen-bond donors (Lipinski definition) is 0. The highest BCUT2D eigenvalue weighted by atomic mass is 79.9. The summed E-state index contributed by atoms with van der Waals surface area (Å²) in [6.45, 7) is 16.1. The lowest BCUT2D eigenvalue weighted by Gasteiger charge is -2.58. The van der Waals surface area contributed by atoms with Crippen molar-refractivity contribution in [2.24, 2.45) is 46.3 Å². The van der Waals surface area contributed by atoms with Crippen LogP contribution in [0.4, 0.5) is 0 Å². The van der Waals surface area contributed by atoms with Gasteiger partial charge in [0.2, 0.25) is 0 Å². The Morgan fingerprint density at radius 1 is 0.892 bits per heavy atom. The molecule has 3 fully saturated rings. The second-order valence-electron chi connectivity index (χ2n) is 13.9. The van der Waals surface area contributed by atoms with E-state index < -0.39 is 0 Å². The van der Waals surface area contributed by atoms with Crippen LogP contribution in [0.5, 0.6) is 0 Å². The Morgan fingerprint density at radius 2 is 1.65 bits per heavy atom. The fourth-order valence-corrected chi connectivity index (χ4v) is 9.67. The van der Waals surface area contributed by atoms with Crippen LogP contribution in [0.1, 0.15) is 105 Å². The van der Waals surface area contributed by atoms with Gasteiger partial charge in [-0.2, -0.15) is 0 Å². The molecule has 3 saturated carbocycles. The molecule has 3 nitrogen and oxygen atoms in total. The highest BCUT2D eigenvalue weighted by Gasteiger charge is 2.59.